The van der Waals surface area contributed by atoms with Crippen molar-refractivity contribution in [2.45, 2.75) is 51.3 Å². The van der Waals surface area contributed by atoms with E-state index in [2.05, 4.69) is 0 Å². The molecule has 140 valence electrons. The van der Waals surface area contributed by atoms with E-state index < -0.39 is 27.0 Å². The van der Waals surface area contributed by atoms with E-state index in [-0.39, 0.29) is 36.3 Å². The Morgan fingerprint density at radius 2 is 1.52 bits per heavy atom. The zero-order valence-corrected chi connectivity index (χ0v) is 15.5. The highest BCUT2D eigenvalue weighted by Crippen LogP contribution is 2.25. The Labute approximate surface area is 148 Å². The number of hydrogen-bond donors (Lipinski definition) is 1. The molecule has 1 aromatic carbocycles. The summed E-state index contributed by atoms with van der Waals surface area (Å²) in [5, 5.41) is 0. The van der Waals surface area contributed by atoms with Crippen molar-refractivity contribution in [3.8, 4) is 0 Å². The molecule has 0 heterocycles. The molecule has 0 aromatic heterocycles. The first-order chi connectivity index (χ1) is 11.8. The van der Waals surface area contributed by atoms with Crippen molar-refractivity contribution in [3.63, 3.8) is 0 Å². The van der Waals surface area contributed by atoms with Crippen molar-refractivity contribution in [2.24, 2.45) is 0 Å². The van der Waals surface area contributed by atoms with E-state index in [0.717, 1.165) is 6.07 Å². The minimum Gasteiger partial charge on any atom is -0.462 e. The molecule has 0 aliphatic rings. The van der Waals surface area contributed by atoms with Gasteiger partial charge in [0.05, 0.1) is 29.2 Å². The topological polar surface area (TPSA) is 107 Å². The summed E-state index contributed by atoms with van der Waals surface area (Å²) in [5.74, 6) is -1.50. The molecule has 0 spiro atoms. The van der Waals surface area contributed by atoms with Gasteiger partial charge in [-0.05, 0) is 37.0 Å². The Bertz CT molecular complexity index is 723. The number of esters is 2. The van der Waals surface area contributed by atoms with Crippen LogP contribution in [0.2, 0.25) is 0 Å². The third-order valence-electron chi connectivity index (χ3n) is 3.32. The highest BCUT2D eigenvalue weighted by atomic mass is 32.2. The van der Waals surface area contributed by atoms with E-state index in [0.29, 0.717) is 19.3 Å². The smallest absolute Gasteiger partial charge is 0.338 e. The normalized spacial score (nSPS) is 11.2. The molecule has 0 aliphatic heterocycles. The van der Waals surface area contributed by atoms with Crippen LogP contribution in [-0.4, -0.2) is 38.1 Å². The molecule has 0 unspecified atom stereocenters. The molecule has 7 nitrogen and oxygen atoms in total. The van der Waals surface area contributed by atoms with Gasteiger partial charge in [0.1, 0.15) is 0 Å². The van der Waals surface area contributed by atoms with Crippen molar-refractivity contribution < 1.29 is 32.0 Å². The molecular weight excluding hydrogens is 348 g/mol. The molecule has 1 rings (SSSR count). The van der Waals surface area contributed by atoms with Gasteiger partial charge < -0.3 is 9.47 Å². The average molecular weight is 372 g/mol. The van der Waals surface area contributed by atoms with Gasteiger partial charge in [-0.3, -0.25) is 4.55 Å². The molecule has 8 heteroatoms. The quantitative estimate of drug-likeness (QED) is 0.524. The zero-order valence-electron chi connectivity index (χ0n) is 14.7. The Hall–Kier alpha value is -1.93. The monoisotopic (exact) mass is 372 g/mol. The minimum absolute atomic E-state index is 0.0473. The maximum absolute atomic E-state index is 12.3. The summed E-state index contributed by atoms with van der Waals surface area (Å²) in [5.41, 5.74) is -0.0311. The summed E-state index contributed by atoms with van der Waals surface area (Å²) >= 11 is 0. The van der Waals surface area contributed by atoms with E-state index in [1.165, 1.54) is 6.07 Å². The third-order valence-corrected chi connectivity index (χ3v) is 4.24. The lowest BCUT2D eigenvalue weighted by atomic mass is 10.00. The van der Waals surface area contributed by atoms with Crippen molar-refractivity contribution >= 4 is 22.1 Å². The summed E-state index contributed by atoms with van der Waals surface area (Å²) in [6.45, 7) is 5.76. The van der Waals surface area contributed by atoms with Crippen LogP contribution in [0.1, 0.15) is 66.3 Å². The lowest BCUT2D eigenvalue weighted by Gasteiger charge is -2.14. The summed E-state index contributed by atoms with van der Waals surface area (Å²) in [6.07, 6.45) is 1.96. The van der Waals surface area contributed by atoms with Crippen molar-refractivity contribution in [2.75, 3.05) is 13.2 Å². The van der Waals surface area contributed by atoms with Gasteiger partial charge in [0, 0.05) is 0 Å². The van der Waals surface area contributed by atoms with E-state index in [1.54, 1.807) is 6.92 Å². The van der Waals surface area contributed by atoms with Crippen LogP contribution in [0.3, 0.4) is 0 Å². The second-order valence-electron chi connectivity index (χ2n) is 5.50. The molecule has 0 aliphatic carbocycles. The van der Waals surface area contributed by atoms with E-state index in [4.69, 9.17) is 9.47 Å². The van der Waals surface area contributed by atoms with Gasteiger partial charge >= 0.3 is 11.9 Å². The Kier molecular flexibility index (Phi) is 8.05. The van der Waals surface area contributed by atoms with Gasteiger partial charge in [0.15, 0.2) is 0 Å². The maximum Gasteiger partial charge on any atom is 0.338 e. The predicted molar refractivity (Wildman–Crippen MR) is 91.4 cm³/mol. The van der Waals surface area contributed by atoms with Gasteiger partial charge in [-0.1, -0.05) is 27.2 Å². The van der Waals surface area contributed by atoms with Crippen LogP contribution in [0.5, 0.6) is 0 Å². The number of carbonyl (C=O) groups excluding carboxylic acids is 2. The van der Waals surface area contributed by atoms with Crippen molar-refractivity contribution in [1.82, 2.24) is 0 Å². The minimum atomic E-state index is -4.62. The highest BCUT2D eigenvalue weighted by molar-refractivity contribution is 7.85. The molecule has 0 saturated heterocycles. The molecule has 0 radical (unpaired) electrons. The first kappa shape index (κ1) is 21.1. The number of ether oxygens (including phenoxy) is 2. The molecule has 0 bridgehead atoms. The van der Waals surface area contributed by atoms with Crippen LogP contribution in [0.4, 0.5) is 0 Å². The summed E-state index contributed by atoms with van der Waals surface area (Å²) < 4.78 is 43.1. The molecule has 0 saturated carbocycles. The van der Waals surface area contributed by atoms with Gasteiger partial charge in [0.2, 0.25) is 0 Å². The van der Waals surface area contributed by atoms with Gasteiger partial charge in [-0.15, -0.1) is 0 Å². The van der Waals surface area contributed by atoms with Crippen molar-refractivity contribution in [1.29, 1.82) is 0 Å². The zero-order chi connectivity index (χ0) is 19.0. The fourth-order valence-corrected chi connectivity index (χ4v) is 3.03. The van der Waals surface area contributed by atoms with Gasteiger partial charge in [-0.25, -0.2) is 9.59 Å². The summed E-state index contributed by atoms with van der Waals surface area (Å²) in [4.78, 5) is 23.9. The molecule has 0 fully saturated rings. The second-order valence-corrected chi connectivity index (χ2v) is 6.89. The first-order valence-electron chi connectivity index (χ1n) is 8.24. The maximum atomic E-state index is 12.3. The Morgan fingerprint density at radius 1 is 0.960 bits per heavy atom. The van der Waals surface area contributed by atoms with Crippen LogP contribution in [-0.2, 0) is 26.0 Å². The van der Waals surface area contributed by atoms with Crippen LogP contribution < -0.4 is 0 Å². The number of benzene rings is 1. The molecule has 1 N–H and O–H groups in total. The molecule has 0 atom stereocenters. The van der Waals surface area contributed by atoms with E-state index in [9.17, 15) is 22.6 Å². The fraction of sp³-hybridized carbons (Fsp3) is 0.529. The lowest BCUT2D eigenvalue weighted by Crippen LogP contribution is -2.16. The van der Waals surface area contributed by atoms with Gasteiger partial charge in [-0.2, -0.15) is 8.42 Å². The molecule has 25 heavy (non-hydrogen) atoms. The molecular formula is C17H24O7S. The number of rotatable bonds is 9. The lowest BCUT2D eigenvalue weighted by molar-refractivity contribution is 0.0502. The fourth-order valence-electron chi connectivity index (χ4n) is 2.23. The number of carbonyl (C=O) groups is 2. The summed E-state index contributed by atoms with van der Waals surface area (Å²) in [7, 11) is -4.62. The highest BCUT2D eigenvalue weighted by Gasteiger charge is 2.26. The Morgan fingerprint density at radius 3 is 2.00 bits per heavy atom. The van der Waals surface area contributed by atoms with Crippen LogP contribution in [0.15, 0.2) is 17.0 Å². The van der Waals surface area contributed by atoms with Crippen molar-refractivity contribution in [3.05, 3.63) is 28.8 Å². The molecule has 0 amide bonds. The molecule has 1 aromatic rings. The Balaban J connectivity index is 3.53. The van der Waals surface area contributed by atoms with Crippen LogP contribution >= 0.6 is 0 Å². The average Bonchev–Trinajstić information content (AvgIpc) is 2.56. The largest absolute Gasteiger partial charge is 0.462 e. The third kappa shape index (κ3) is 5.82. The van der Waals surface area contributed by atoms with Crippen LogP contribution in [0, 0.1) is 0 Å². The van der Waals surface area contributed by atoms with E-state index in [1.807, 2.05) is 13.8 Å². The SMILES string of the molecule is CCCOC(=O)c1cc(C(=O)OCCC)c(CCC)c(S(=O)(=O)O)c1. The number of hydrogen-bond acceptors (Lipinski definition) is 6. The standard InChI is InChI=1S/C17H24O7S/c1-4-7-13-14(17(19)24-9-6-3)10-12(16(18)23-8-5-2)11-15(13)25(20,21)22/h10-11H,4-9H2,1-3H3,(H,20,21,22). The predicted octanol–water partition coefficient (Wildman–Crippen LogP) is 3.02. The van der Waals surface area contributed by atoms with Crippen LogP contribution in [0.25, 0.3) is 0 Å². The first-order valence-corrected chi connectivity index (χ1v) is 9.68. The summed E-state index contributed by atoms with van der Waals surface area (Å²) in [6, 6.07) is 2.30. The van der Waals surface area contributed by atoms with E-state index >= 15 is 0 Å². The van der Waals surface area contributed by atoms with Gasteiger partial charge in [0.25, 0.3) is 10.1 Å². The second kappa shape index (κ2) is 9.53.